The molecule has 0 bridgehead atoms. The van der Waals surface area contributed by atoms with E-state index in [1.54, 1.807) is 23.9 Å². The number of thiophene rings is 1. The van der Waals surface area contributed by atoms with Gasteiger partial charge in [-0.15, -0.1) is 11.3 Å². The van der Waals surface area contributed by atoms with E-state index in [1.165, 1.54) is 0 Å². The van der Waals surface area contributed by atoms with Crippen molar-refractivity contribution in [3.63, 3.8) is 0 Å². The van der Waals surface area contributed by atoms with Crippen molar-refractivity contribution in [2.45, 2.75) is 5.54 Å². The van der Waals surface area contributed by atoms with Crippen LogP contribution in [-0.2, 0) is 12.6 Å². The van der Waals surface area contributed by atoms with Crippen molar-refractivity contribution in [1.29, 1.82) is 5.26 Å². The summed E-state index contributed by atoms with van der Waals surface area (Å²) in [4.78, 5) is 9.71. The largest absolute Gasteiger partial charge is 0.335 e. The zero-order valence-corrected chi connectivity index (χ0v) is 21.0. The normalized spacial score (nSPS) is 12.8. The monoisotopic (exact) mass is 497 g/mol. The Bertz CT molecular complexity index is 1750. The number of pyridine rings is 1. The first-order valence-electron chi connectivity index (χ1n) is 11.9. The van der Waals surface area contributed by atoms with E-state index in [9.17, 15) is 5.26 Å². The van der Waals surface area contributed by atoms with Gasteiger partial charge in [0.1, 0.15) is 5.54 Å². The first kappa shape index (κ1) is 22.9. The molecule has 0 aliphatic rings. The molecule has 5 nitrogen and oxygen atoms in total. The van der Waals surface area contributed by atoms with Crippen molar-refractivity contribution in [2.75, 3.05) is 0 Å². The molecule has 0 saturated heterocycles. The average molecular weight is 498 g/mol. The number of hydrogen-bond donors (Lipinski definition) is 1. The molecule has 0 amide bonds. The maximum absolute atomic E-state index is 9.33. The maximum atomic E-state index is 9.33. The molecule has 3 aromatic carbocycles. The average Bonchev–Trinajstić information content (AvgIpc) is 3.60. The zero-order valence-electron chi connectivity index (χ0n) is 20.2. The highest BCUT2D eigenvalue weighted by Gasteiger charge is 2.36. The van der Waals surface area contributed by atoms with Crippen LogP contribution in [0.5, 0.6) is 0 Å². The van der Waals surface area contributed by atoms with Gasteiger partial charge in [-0.05, 0) is 58.7 Å². The first-order chi connectivity index (χ1) is 18.1. The predicted molar refractivity (Wildman–Crippen MR) is 149 cm³/mol. The fourth-order valence-corrected chi connectivity index (χ4v) is 6.11. The van der Waals surface area contributed by atoms with Gasteiger partial charge < -0.3 is 10.3 Å². The number of rotatable bonds is 5. The van der Waals surface area contributed by atoms with Gasteiger partial charge in [-0.2, -0.15) is 5.26 Å². The van der Waals surface area contributed by atoms with Gasteiger partial charge in [-0.1, -0.05) is 48.5 Å². The quantitative estimate of drug-likeness (QED) is 0.295. The Morgan fingerprint density at radius 3 is 2.32 bits per heavy atom. The lowest BCUT2D eigenvalue weighted by molar-refractivity contribution is 0.607. The molecule has 3 heterocycles. The number of hydrogen-bond acceptors (Lipinski definition) is 5. The van der Waals surface area contributed by atoms with E-state index >= 15 is 0 Å². The third-order valence-electron chi connectivity index (χ3n) is 6.80. The highest BCUT2D eigenvalue weighted by Crippen LogP contribution is 2.44. The second-order valence-electron chi connectivity index (χ2n) is 9.04. The Hall–Kier alpha value is -4.57. The molecule has 0 saturated carbocycles. The number of aromatic nitrogens is 3. The van der Waals surface area contributed by atoms with Gasteiger partial charge in [0.05, 0.1) is 29.9 Å². The highest BCUT2D eigenvalue weighted by molar-refractivity contribution is 7.19. The standard InChI is InChI=1S/C31H23N5S/c1-36-20-35-19-29(36)31(33,25-11-9-21(17-32)10-12-25)30-16-27-26(22-6-3-2-4-7-22)14-24(15-28(27)37-30)23-8-5-13-34-18-23/h2-16,18-20H,33H2,1H3. The van der Waals surface area contributed by atoms with E-state index in [0.29, 0.717) is 5.56 Å². The van der Waals surface area contributed by atoms with Crippen LogP contribution in [0.3, 0.4) is 0 Å². The van der Waals surface area contributed by atoms with Crippen molar-refractivity contribution >= 4 is 21.4 Å². The number of nitrogens with zero attached hydrogens (tertiary/aromatic N) is 4. The van der Waals surface area contributed by atoms with Gasteiger partial charge in [0, 0.05) is 40.0 Å². The topological polar surface area (TPSA) is 80.5 Å². The van der Waals surface area contributed by atoms with Crippen LogP contribution in [0.25, 0.3) is 32.3 Å². The van der Waals surface area contributed by atoms with E-state index in [1.807, 2.05) is 60.4 Å². The Morgan fingerprint density at radius 1 is 0.865 bits per heavy atom. The fraction of sp³-hybridized carbons (Fsp3) is 0.0645. The van der Waals surface area contributed by atoms with E-state index < -0.39 is 5.54 Å². The summed E-state index contributed by atoms with van der Waals surface area (Å²) in [6.45, 7) is 0. The van der Waals surface area contributed by atoms with Gasteiger partial charge in [0.15, 0.2) is 0 Å². The Morgan fingerprint density at radius 2 is 1.65 bits per heavy atom. The molecule has 6 aromatic rings. The van der Waals surface area contributed by atoms with Gasteiger partial charge in [0.2, 0.25) is 0 Å². The van der Waals surface area contributed by atoms with Crippen LogP contribution in [0.4, 0.5) is 0 Å². The van der Waals surface area contributed by atoms with Crippen molar-refractivity contribution in [3.8, 4) is 28.3 Å². The molecule has 178 valence electrons. The first-order valence-corrected chi connectivity index (χ1v) is 12.7. The second kappa shape index (κ2) is 9.14. The summed E-state index contributed by atoms with van der Waals surface area (Å²) < 4.78 is 3.10. The Balaban J connectivity index is 1.63. The molecule has 6 rings (SSSR count). The fourth-order valence-electron chi connectivity index (χ4n) is 4.85. The van der Waals surface area contributed by atoms with Crippen LogP contribution in [-0.4, -0.2) is 14.5 Å². The molecule has 1 unspecified atom stereocenters. The van der Waals surface area contributed by atoms with E-state index in [4.69, 9.17) is 5.73 Å². The lowest BCUT2D eigenvalue weighted by Gasteiger charge is -2.29. The minimum Gasteiger partial charge on any atom is -0.335 e. The van der Waals surface area contributed by atoms with Crippen LogP contribution in [0.1, 0.15) is 21.7 Å². The van der Waals surface area contributed by atoms with Crippen LogP contribution in [0.2, 0.25) is 0 Å². The predicted octanol–water partition coefficient (Wildman–Crippen LogP) is 6.49. The molecule has 3 aromatic heterocycles. The summed E-state index contributed by atoms with van der Waals surface area (Å²) >= 11 is 1.68. The molecule has 0 radical (unpaired) electrons. The molecular formula is C31H23N5S. The SMILES string of the molecule is Cn1cncc1C(N)(c1ccc(C#N)cc1)c1cc2c(-c3ccccc3)cc(-c3cccnc3)cc2s1. The molecule has 0 spiro atoms. The number of nitriles is 1. The van der Waals surface area contributed by atoms with Gasteiger partial charge >= 0.3 is 0 Å². The summed E-state index contributed by atoms with van der Waals surface area (Å²) in [5.74, 6) is 0. The Labute approximate surface area is 219 Å². The minimum atomic E-state index is -0.953. The lowest BCUT2D eigenvalue weighted by atomic mass is 9.85. The summed E-state index contributed by atoms with van der Waals surface area (Å²) in [7, 11) is 1.96. The van der Waals surface area contributed by atoms with Gasteiger partial charge in [-0.3, -0.25) is 4.98 Å². The minimum absolute atomic E-state index is 0.597. The third-order valence-corrected chi connectivity index (χ3v) is 8.01. The maximum Gasteiger partial charge on any atom is 0.118 e. The second-order valence-corrected chi connectivity index (χ2v) is 10.1. The third kappa shape index (κ3) is 3.91. The van der Waals surface area contributed by atoms with Crippen molar-refractivity contribution in [2.24, 2.45) is 12.8 Å². The van der Waals surface area contributed by atoms with E-state index in [-0.39, 0.29) is 0 Å². The Kier molecular flexibility index (Phi) is 5.65. The molecule has 37 heavy (non-hydrogen) atoms. The van der Waals surface area contributed by atoms with Gasteiger partial charge in [-0.25, -0.2) is 4.98 Å². The summed E-state index contributed by atoms with van der Waals surface area (Å²) in [5, 5.41) is 10.5. The molecule has 6 heteroatoms. The van der Waals surface area contributed by atoms with Crippen LogP contribution >= 0.6 is 11.3 Å². The van der Waals surface area contributed by atoms with Crippen molar-refractivity contribution in [3.05, 3.63) is 132 Å². The number of benzene rings is 3. The molecular weight excluding hydrogens is 474 g/mol. The van der Waals surface area contributed by atoms with E-state index in [0.717, 1.165) is 48.5 Å². The van der Waals surface area contributed by atoms with Crippen LogP contribution < -0.4 is 5.73 Å². The van der Waals surface area contributed by atoms with Crippen molar-refractivity contribution in [1.82, 2.24) is 14.5 Å². The lowest BCUT2D eigenvalue weighted by Crippen LogP contribution is -2.40. The smallest absolute Gasteiger partial charge is 0.118 e. The van der Waals surface area contributed by atoms with Gasteiger partial charge in [0.25, 0.3) is 0 Å². The summed E-state index contributed by atoms with van der Waals surface area (Å²) in [5.41, 5.74) is 13.2. The number of imidazole rings is 1. The molecule has 1 atom stereocenters. The van der Waals surface area contributed by atoms with E-state index in [2.05, 4.69) is 64.6 Å². The number of nitrogens with two attached hydrogens (primary N) is 1. The number of fused-ring (bicyclic) bond motifs is 1. The number of aryl methyl sites for hydroxylation is 1. The zero-order chi connectivity index (χ0) is 25.4. The van der Waals surface area contributed by atoms with Crippen LogP contribution in [0.15, 0.2) is 110 Å². The highest BCUT2D eigenvalue weighted by atomic mass is 32.1. The van der Waals surface area contributed by atoms with Crippen molar-refractivity contribution < 1.29 is 0 Å². The molecule has 0 fully saturated rings. The summed E-state index contributed by atoms with van der Waals surface area (Å²) in [6.07, 6.45) is 7.27. The summed E-state index contributed by atoms with van der Waals surface area (Å²) in [6, 6.07) is 30.8. The molecule has 0 aliphatic carbocycles. The van der Waals surface area contributed by atoms with Crippen LogP contribution in [0, 0.1) is 11.3 Å². The molecule has 0 aliphatic heterocycles. The molecule has 2 N–H and O–H groups in total.